The summed E-state index contributed by atoms with van der Waals surface area (Å²) in [5.74, 6) is 1.25. The number of aryl methyl sites for hydroxylation is 1. The highest BCUT2D eigenvalue weighted by Gasteiger charge is 2.32. The van der Waals surface area contributed by atoms with E-state index in [4.69, 9.17) is 16.3 Å². The molecule has 0 spiro atoms. The van der Waals surface area contributed by atoms with Gasteiger partial charge >= 0.3 is 6.18 Å². The second kappa shape index (κ2) is 7.13. The first-order valence-corrected chi connectivity index (χ1v) is 8.65. The van der Waals surface area contributed by atoms with Crippen LogP contribution in [0.5, 0.6) is 5.75 Å². The van der Waals surface area contributed by atoms with Crippen LogP contribution in [0.1, 0.15) is 11.1 Å². The number of hydrogen-bond donors (Lipinski definition) is 0. The van der Waals surface area contributed by atoms with Crippen LogP contribution < -0.4 is 4.74 Å². The summed E-state index contributed by atoms with van der Waals surface area (Å²) in [5.41, 5.74) is 0.433. The highest BCUT2D eigenvalue weighted by molar-refractivity contribution is 7.99. The van der Waals surface area contributed by atoms with Crippen LogP contribution in [0.3, 0.4) is 0 Å². The molecular formula is C16H13ClF3N3OS. The third-order valence-electron chi connectivity index (χ3n) is 3.33. The molecule has 3 rings (SSSR count). The standard InChI is InChI=1S/C16H13ClF3N3OS/c1-10-3-2-4-12(7-10)24-5-6-25-15-22-21-14-13(17)8-11(9-23(14)15)16(18,19)20/h2-4,7-9H,5-6H2,1H3. The number of thioether (sulfide) groups is 1. The van der Waals surface area contributed by atoms with Crippen molar-refractivity contribution >= 4 is 29.0 Å². The van der Waals surface area contributed by atoms with Crippen LogP contribution in [0, 0.1) is 6.92 Å². The molecule has 2 aromatic heterocycles. The van der Waals surface area contributed by atoms with E-state index < -0.39 is 11.7 Å². The quantitative estimate of drug-likeness (QED) is 0.462. The number of halogens is 4. The first-order chi connectivity index (χ1) is 11.8. The molecule has 0 fully saturated rings. The Hall–Kier alpha value is -1.93. The molecule has 0 atom stereocenters. The number of hydrogen-bond acceptors (Lipinski definition) is 4. The van der Waals surface area contributed by atoms with Crippen LogP contribution in [0.4, 0.5) is 13.2 Å². The van der Waals surface area contributed by atoms with Gasteiger partial charge in [-0.05, 0) is 30.7 Å². The first kappa shape index (κ1) is 17.9. The van der Waals surface area contributed by atoms with Gasteiger partial charge < -0.3 is 4.74 Å². The first-order valence-electron chi connectivity index (χ1n) is 7.28. The Kier molecular flexibility index (Phi) is 5.10. The van der Waals surface area contributed by atoms with E-state index in [1.807, 2.05) is 31.2 Å². The van der Waals surface area contributed by atoms with Crippen molar-refractivity contribution in [3.8, 4) is 5.75 Å². The number of aromatic nitrogens is 3. The summed E-state index contributed by atoms with van der Waals surface area (Å²) in [5, 5.41) is 7.99. The van der Waals surface area contributed by atoms with Crippen molar-refractivity contribution in [2.24, 2.45) is 0 Å². The molecule has 3 aromatic rings. The molecule has 0 radical (unpaired) electrons. The maximum atomic E-state index is 12.9. The average molecular weight is 388 g/mol. The van der Waals surface area contributed by atoms with Crippen LogP contribution in [0.25, 0.3) is 5.65 Å². The lowest BCUT2D eigenvalue weighted by atomic mass is 10.2. The van der Waals surface area contributed by atoms with Gasteiger partial charge in [0.2, 0.25) is 0 Å². The number of pyridine rings is 1. The van der Waals surface area contributed by atoms with Gasteiger partial charge in [0, 0.05) is 11.9 Å². The normalized spacial score (nSPS) is 11.9. The number of benzene rings is 1. The van der Waals surface area contributed by atoms with Crippen LogP contribution in [-0.4, -0.2) is 27.0 Å². The van der Waals surface area contributed by atoms with Gasteiger partial charge in [0.15, 0.2) is 10.8 Å². The maximum absolute atomic E-state index is 12.9. The zero-order valence-corrected chi connectivity index (χ0v) is 14.6. The minimum Gasteiger partial charge on any atom is -0.493 e. The van der Waals surface area contributed by atoms with E-state index in [9.17, 15) is 13.2 Å². The second-order valence-electron chi connectivity index (χ2n) is 5.26. The van der Waals surface area contributed by atoms with Gasteiger partial charge in [-0.25, -0.2) is 0 Å². The van der Waals surface area contributed by atoms with E-state index >= 15 is 0 Å². The molecule has 25 heavy (non-hydrogen) atoms. The zero-order valence-electron chi connectivity index (χ0n) is 13.0. The van der Waals surface area contributed by atoms with Crippen molar-refractivity contribution in [3.63, 3.8) is 0 Å². The van der Waals surface area contributed by atoms with E-state index in [-0.39, 0.29) is 10.7 Å². The van der Waals surface area contributed by atoms with Crippen LogP contribution in [-0.2, 0) is 6.18 Å². The number of alkyl halides is 3. The van der Waals surface area contributed by atoms with Gasteiger partial charge in [0.1, 0.15) is 5.75 Å². The summed E-state index contributed by atoms with van der Waals surface area (Å²) in [7, 11) is 0. The minimum atomic E-state index is -4.49. The summed E-state index contributed by atoms with van der Waals surface area (Å²) in [6.07, 6.45) is -3.54. The fourth-order valence-electron chi connectivity index (χ4n) is 2.18. The Labute approximate surface area is 151 Å². The second-order valence-corrected chi connectivity index (χ2v) is 6.73. The van der Waals surface area contributed by atoms with Crippen molar-refractivity contribution in [1.29, 1.82) is 0 Å². The lowest BCUT2D eigenvalue weighted by Gasteiger charge is -2.09. The van der Waals surface area contributed by atoms with E-state index in [1.54, 1.807) is 0 Å². The maximum Gasteiger partial charge on any atom is 0.417 e. The van der Waals surface area contributed by atoms with Crippen molar-refractivity contribution in [3.05, 3.63) is 52.7 Å². The van der Waals surface area contributed by atoms with Gasteiger partial charge in [0.25, 0.3) is 0 Å². The molecule has 1 aromatic carbocycles. The lowest BCUT2D eigenvalue weighted by Crippen LogP contribution is -2.07. The fourth-order valence-corrected chi connectivity index (χ4v) is 3.16. The monoisotopic (exact) mass is 387 g/mol. The smallest absolute Gasteiger partial charge is 0.417 e. The highest BCUT2D eigenvalue weighted by atomic mass is 35.5. The summed E-state index contributed by atoms with van der Waals surface area (Å²) < 4.78 is 45.6. The van der Waals surface area contributed by atoms with E-state index in [0.29, 0.717) is 17.5 Å². The lowest BCUT2D eigenvalue weighted by molar-refractivity contribution is -0.137. The topological polar surface area (TPSA) is 39.4 Å². The third-order valence-corrected chi connectivity index (χ3v) is 4.51. The molecule has 0 aliphatic rings. The van der Waals surface area contributed by atoms with Crippen molar-refractivity contribution in [1.82, 2.24) is 14.6 Å². The molecule has 0 amide bonds. The van der Waals surface area contributed by atoms with Crippen LogP contribution in [0.2, 0.25) is 5.02 Å². The number of rotatable bonds is 5. The molecule has 4 nitrogen and oxygen atoms in total. The average Bonchev–Trinajstić information content (AvgIpc) is 2.94. The fraction of sp³-hybridized carbons (Fsp3) is 0.250. The summed E-state index contributed by atoms with van der Waals surface area (Å²) >= 11 is 7.13. The molecule has 2 heterocycles. The molecule has 132 valence electrons. The van der Waals surface area contributed by atoms with Crippen molar-refractivity contribution < 1.29 is 17.9 Å². The SMILES string of the molecule is Cc1cccc(OCCSc2nnc3c(Cl)cc(C(F)(F)F)cn23)c1. The van der Waals surface area contributed by atoms with Gasteiger partial charge in [-0.1, -0.05) is 35.5 Å². The van der Waals surface area contributed by atoms with E-state index in [1.165, 1.54) is 16.2 Å². The van der Waals surface area contributed by atoms with Gasteiger partial charge in [0.05, 0.1) is 17.2 Å². The summed E-state index contributed by atoms with van der Waals surface area (Å²) in [6, 6.07) is 8.46. The van der Waals surface area contributed by atoms with Gasteiger partial charge in [-0.2, -0.15) is 13.2 Å². The Balaban J connectivity index is 1.70. The Bertz CT molecular complexity index is 898. The zero-order chi connectivity index (χ0) is 18.0. The van der Waals surface area contributed by atoms with E-state index in [2.05, 4.69) is 10.2 Å². The van der Waals surface area contributed by atoms with Crippen LogP contribution in [0.15, 0.2) is 41.7 Å². The van der Waals surface area contributed by atoms with E-state index in [0.717, 1.165) is 23.6 Å². The summed E-state index contributed by atoms with van der Waals surface area (Å²) in [6.45, 7) is 2.35. The Morgan fingerprint density at radius 1 is 1.24 bits per heavy atom. The molecular weight excluding hydrogens is 375 g/mol. The molecule has 0 unspecified atom stereocenters. The van der Waals surface area contributed by atoms with Gasteiger partial charge in [-0.3, -0.25) is 4.40 Å². The Morgan fingerprint density at radius 2 is 2.04 bits per heavy atom. The largest absolute Gasteiger partial charge is 0.493 e. The highest BCUT2D eigenvalue weighted by Crippen LogP contribution is 2.33. The molecule has 0 aliphatic carbocycles. The molecule has 9 heteroatoms. The predicted molar refractivity (Wildman–Crippen MR) is 90.4 cm³/mol. The summed E-state index contributed by atoms with van der Waals surface area (Å²) in [4.78, 5) is 0. The Morgan fingerprint density at radius 3 is 2.76 bits per heavy atom. The van der Waals surface area contributed by atoms with Crippen molar-refractivity contribution in [2.75, 3.05) is 12.4 Å². The minimum absolute atomic E-state index is 0.0924. The molecule has 0 saturated heterocycles. The molecule has 0 N–H and O–H groups in total. The number of ether oxygens (including phenoxy) is 1. The van der Waals surface area contributed by atoms with Crippen molar-refractivity contribution in [2.45, 2.75) is 18.3 Å². The number of nitrogens with zero attached hydrogens (tertiary/aromatic N) is 3. The van der Waals surface area contributed by atoms with Gasteiger partial charge in [-0.15, -0.1) is 10.2 Å². The molecule has 0 saturated carbocycles. The van der Waals surface area contributed by atoms with Crippen LogP contribution >= 0.6 is 23.4 Å². The number of fused-ring (bicyclic) bond motifs is 1. The molecule has 0 bridgehead atoms. The molecule has 0 aliphatic heterocycles. The predicted octanol–water partition coefficient (Wildman–Crippen LogP) is 4.88. The third kappa shape index (κ3) is 4.19.